The summed E-state index contributed by atoms with van der Waals surface area (Å²) < 4.78 is 25.1. The van der Waals surface area contributed by atoms with Crippen LogP contribution >= 0.6 is 0 Å². The number of hydrogen-bond donors (Lipinski definition) is 2. The van der Waals surface area contributed by atoms with E-state index in [1.54, 1.807) is 36.5 Å². The molecule has 0 radical (unpaired) electrons. The van der Waals surface area contributed by atoms with Gasteiger partial charge in [-0.2, -0.15) is 5.10 Å². The minimum absolute atomic E-state index is 0.00302. The van der Waals surface area contributed by atoms with Crippen LogP contribution < -0.4 is 20.1 Å². The Morgan fingerprint density at radius 1 is 1.13 bits per heavy atom. The highest BCUT2D eigenvalue weighted by Crippen LogP contribution is 2.32. The molecule has 1 aliphatic rings. The van der Waals surface area contributed by atoms with Crippen molar-refractivity contribution < 1.29 is 23.5 Å². The number of anilines is 1. The van der Waals surface area contributed by atoms with Crippen molar-refractivity contribution in [2.75, 3.05) is 18.7 Å². The fourth-order valence-corrected chi connectivity index (χ4v) is 3.00. The number of carbonyl (C=O) groups excluding carboxylic acids is 2. The summed E-state index contributed by atoms with van der Waals surface area (Å²) in [5.41, 5.74) is 1.69. The zero-order valence-corrected chi connectivity index (χ0v) is 15.9. The first-order valence-corrected chi connectivity index (χ1v) is 9.31. The molecular weight excluding hydrogens is 391 g/mol. The lowest BCUT2D eigenvalue weighted by atomic mass is 10.1. The second-order valence-electron chi connectivity index (χ2n) is 6.68. The minimum Gasteiger partial charge on any atom is -0.454 e. The number of nitrogens with zero attached hydrogens (tertiary/aromatic N) is 2. The van der Waals surface area contributed by atoms with Gasteiger partial charge in [-0.05, 0) is 42.3 Å². The summed E-state index contributed by atoms with van der Waals surface area (Å²) in [6.07, 6.45) is 3.56. The van der Waals surface area contributed by atoms with Gasteiger partial charge in [0.15, 0.2) is 11.5 Å². The summed E-state index contributed by atoms with van der Waals surface area (Å²) in [4.78, 5) is 24.5. The Morgan fingerprint density at radius 3 is 2.87 bits per heavy atom. The molecule has 0 aliphatic carbocycles. The van der Waals surface area contributed by atoms with Gasteiger partial charge in [-0.3, -0.25) is 14.3 Å². The number of amides is 2. The Labute approximate surface area is 171 Å². The van der Waals surface area contributed by atoms with Gasteiger partial charge in [-0.25, -0.2) is 4.39 Å². The normalized spacial score (nSPS) is 11.9. The summed E-state index contributed by atoms with van der Waals surface area (Å²) in [6.45, 7) is 0.526. The van der Waals surface area contributed by atoms with Crippen molar-refractivity contribution >= 4 is 17.5 Å². The van der Waals surface area contributed by atoms with Gasteiger partial charge >= 0.3 is 0 Å². The Hall–Kier alpha value is -3.88. The van der Waals surface area contributed by atoms with E-state index >= 15 is 0 Å². The van der Waals surface area contributed by atoms with E-state index in [4.69, 9.17) is 9.47 Å². The molecule has 30 heavy (non-hydrogen) atoms. The number of halogens is 1. The quantitative estimate of drug-likeness (QED) is 0.624. The molecule has 3 aromatic rings. The Morgan fingerprint density at radius 2 is 2.00 bits per heavy atom. The van der Waals surface area contributed by atoms with Crippen LogP contribution in [0.4, 0.5) is 10.1 Å². The molecule has 0 saturated heterocycles. The predicted molar refractivity (Wildman–Crippen MR) is 106 cm³/mol. The van der Waals surface area contributed by atoms with E-state index in [1.807, 2.05) is 0 Å². The van der Waals surface area contributed by atoms with Crippen molar-refractivity contribution in [3.8, 4) is 11.5 Å². The van der Waals surface area contributed by atoms with E-state index in [0.717, 1.165) is 5.56 Å². The van der Waals surface area contributed by atoms with Crippen LogP contribution in [-0.2, 0) is 17.8 Å². The number of rotatable bonds is 7. The first-order chi connectivity index (χ1) is 14.6. The Kier molecular flexibility index (Phi) is 5.60. The summed E-state index contributed by atoms with van der Waals surface area (Å²) in [5, 5.41) is 9.58. The molecule has 0 unspecified atom stereocenters. The van der Waals surface area contributed by atoms with Crippen LogP contribution in [0.5, 0.6) is 11.5 Å². The molecular formula is C21H19FN4O4. The summed E-state index contributed by atoms with van der Waals surface area (Å²) >= 11 is 0. The highest BCUT2D eigenvalue weighted by atomic mass is 19.1. The molecule has 2 N–H and O–H groups in total. The van der Waals surface area contributed by atoms with Gasteiger partial charge in [-0.15, -0.1) is 0 Å². The van der Waals surface area contributed by atoms with Gasteiger partial charge in [0.05, 0.1) is 11.9 Å². The van der Waals surface area contributed by atoms with Crippen LogP contribution in [-0.4, -0.2) is 34.9 Å². The van der Waals surface area contributed by atoms with Gasteiger partial charge in [0, 0.05) is 18.3 Å². The number of ether oxygens (including phenoxy) is 2. The molecule has 0 spiro atoms. The van der Waals surface area contributed by atoms with E-state index in [1.165, 1.54) is 23.0 Å². The summed E-state index contributed by atoms with van der Waals surface area (Å²) in [5.74, 6) is 0.261. The number of carbonyl (C=O) groups is 2. The number of nitrogens with one attached hydrogen (secondary N) is 2. The van der Waals surface area contributed by atoms with Gasteiger partial charge in [0.25, 0.3) is 5.91 Å². The smallest absolute Gasteiger partial charge is 0.255 e. The largest absolute Gasteiger partial charge is 0.454 e. The van der Waals surface area contributed by atoms with Crippen LogP contribution in [0, 0.1) is 5.82 Å². The average Bonchev–Trinajstić information content (AvgIpc) is 3.36. The maximum absolute atomic E-state index is 13.2. The molecule has 1 aromatic heterocycles. The van der Waals surface area contributed by atoms with Gasteiger partial charge in [0.1, 0.15) is 12.4 Å². The van der Waals surface area contributed by atoms with Gasteiger partial charge in [0.2, 0.25) is 12.7 Å². The molecule has 1 aliphatic heterocycles. The number of hydrogen-bond acceptors (Lipinski definition) is 5. The number of aromatic nitrogens is 2. The highest BCUT2D eigenvalue weighted by molar-refractivity contribution is 6.04. The van der Waals surface area contributed by atoms with Crippen molar-refractivity contribution in [3.05, 3.63) is 71.8 Å². The second kappa shape index (κ2) is 8.64. The number of benzene rings is 2. The molecule has 4 rings (SSSR count). The molecule has 2 heterocycles. The Balaban J connectivity index is 1.26. The lowest BCUT2D eigenvalue weighted by Crippen LogP contribution is -2.29. The first-order valence-electron chi connectivity index (χ1n) is 9.31. The first kappa shape index (κ1) is 19.4. The molecule has 2 amide bonds. The molecule has 2 aromatic carbocycles. The van der Waals surface area contributed by atoms with E-state index in [-0.39, 0.29) is 31.0 Å². The molecule has 154 valence electrons. The molecule has 0 saturated carbocycles. The zero-order valence-electron chi connectivity index (χ0n) is 15.9. The second-order valence-corrected chi connectivity index (χ2v) is 6.68. The maximum Gasteiger partial charge on any atom is 0.255 e. The van der Waals surface area contributed by atoms with E-state index in [2.05, 4.69) is 15.7 Å². The summed E-state index contributed by atoms with van der Waals surface area (Å²) in [7, 11) is 0. The van der Waals surface area contributed by atoms with E-state index in [9.17, 15) is 14.0 Å². The molecule has 0 bridgehead atoms. The molecule has 9 heteroatoms. The zero-order chi connectivity index (χ0) is 20.9. The average molecular weight is 410 g/mol. The summed E-state index contributed by atoms with van der Waals surface area (Å²) in [6, 6.07) is 11.2. The van der Waals surface area contributed by atoms with E-state index in [0.29, 0.717) is 35.7 Å². The third-order valence-electron chi connectivity index (χ3n) is 4.46. The monoisotopic (exact) mass is 410 g/mol. The molecule has 0 fully saturated rings. The predicted octanol–water partition coefficient (Wildman–Crippen LogP) is 2.36. The SMILES string of the molecule is O=C(Cn1cc(NC(=O)c2ccc3c(c2)OCO3)cn1)NCCc1cccc(F)c1. The third-order valence-corrected chi connectivity index (χ3v) is 4.46. The lowest BCUT2D eigenvalue weighted by Gasteiger charge is -2.06. The van der Waals surface area contributed by atoms with Crippen LogP contribution in [0.3, 0.4) is 0 Å². The molecule has 8 nitrogen and oxygen atoms in total. The van der Waals surface area contributed by atoms with Crippen molar-refractivity contribution in [1.82, 2.24) is 15.1 Å². The maximum atomic E-state index is 13.2. The minimum atomic E-state index is -0.326. The fraction of sp³-hybridized carbons (Fsp3) is 0.190. The Bertz CT molecular complexity index is 1080. The number of fused-ring (bicyclic) bond motifs is 1. The standard InChI is InChI=1S/C21H19FN4O4/c22-16-3-1-2-14(8-16)6-7-23-20(27)12-26-11-17(10-24-26)25-21(28)15-4-5-18-19(9-15)30-13-29-18/h1-5,8-11H,6-7,12-13H2,(H,23,27)(H,25,28). The lowest BCUT2D eigenvalue weighted by molar-refractivity contribution is -0.121. The fourth-order valence-electron chi connectivity index (χ4n) is 3.00. The van der Waals surface area contributed by atoms with E-state index < -0.39 is 0 Å². The van der Waals surface area contributed by atoms with Crippen molar-refractivity contribution in [2.45, 2.75) is 13.0 Å². The molecule has 0 atom stereocenters. The highest BCUT2D eigenvalue weighted by Gasteiger charge is 2.16. The third kappa shape index (κ3) is 4.75. The van der Waals surface area contributed by atoms with Crippen molar-refractivity contribution in [2.24, 2.45) is 0 Å². The van der Waals surface area contributed by atoms with Gasteiger partial charge < -0.3 is 20.1 Å². The van der Waals surface area contributed by atoms with Gasteiger partial charge in [-0.1, -0.05) is 12.1 Å². The van der Waals surface area contributed by atoms with Crippen LogP contribution in [0.15, 0.2) is 54.9 Å². The van der Waals surface area contributed by atoms with Crippen molar-refractivity contribution in [1.29, 1.82) is 0 Å². The van der Waals surface area contributed by atoms with Crippen LogP contribution in [0.2, 0.25) is 0 Å². The topological polar surface area (TPSA) is 94.5 Å². The van der Waals surface area contributed by atoms with Crippen molar-refractivity contribution in [3.63, 3.8) is 0 Å². The van der Waals surface area contributed by atoms with Crippen LogP contribution in [0.25, 0.3) is 0 Å². The van der Waals surface area contributed by atoms with Crippen LogP contribution in [0.1, 0.15) is 15.9 Å².